The number of piperidine rings is 1. The van der Waals surface area contributed by atoms with Crippen LogP contribution in [0.2, 0.25) is 0 Å². The van der Waals surface area contributed by atoms with Crippen molar-refractivity contribution in [2.45, 2.75) is 37.7 Å². The number of methoxy groups -OCH3 is 2. The quantitative estimate of drug-likeness (QED) is 0.247. The molecular weight excluding hydrogens is 563 g/mol. The number of fused-ring (bicyclic) bond motifs is 1. The van der Waals surface area contributed by atoms with E-state index in [4.69, 9.17) is 9.47 Å². The molecule has 12 heteroatoms. The van der Waals surface area contributed by atoms with Gasteiger partial charge in [-0.05, 0) is 55.2 Å². The Hall–Kier alpha value is -3.92. The molecule has 1 fully saturated rings. The zero-order valence-electron chi connectivity index (χ0n) is 24.6. The minimum Gasteiger partial charge on any atom is -0.495 e. The second kappa shape index (κ2) is 14.5. The number of rotatable bonds is 11. The summed E-state index contributed by atoms with van der Waals surface area (Å²) in [7, 11) is 4.58. The van der Waals surface area contributed by atoms with Gasteiger partial charge in [-0.3, -0.25) is 4.79 Å². The van der Waals surface area contributed by atoms with Crippen molar-refractivity contribution >= 4 is 28.2 Å². The third-order valence-corrected chi connectivity index (χ3v) is 7.33. The van der Waals surface area contributed by atoms with Gasteiger partial charge in [0, 0.05) is 56.5 Å². The van der Waals surface area contributed by atoms with Crippen LogP contribution in [0.25, 0.3) is 10.9 Å². The lowest BCUT2D eigenvalue weighted by Gasteiger charge is -2.34. The molecule has 1 atom stereocenters. The van der Waals surface area contributed by atoms with Gasteiger partial charge in [0.2, 0.25) is 0 Å². The maximum Gasteiger partial charge on any atom is 0.406 e. The highest BCUT2D eigenvalue weighted by Crippen LogP contribution is 2.31. The summed E-state index contributed by atoms with van der Waals surface area (Å²) in [4.78, 5) is 14.1. The monoisotopic (exact) mass is 601 g/mol. The number of benzene rings is 2. The van der Waals surface area contributed by atoms with Crippen LogP contribution < -0.4 is 20.7 Å². The van der Waals surface area contributed by atoms with Gasteiger partial charge in [0.1, 0.15) is 12.3 Å². The van der Waals surface area contributed by atoms with Crippen molar-refractivity contribution in [3.63, 3.8) is 0 Å². The molecule has 0 unspecified atom stereocenters. The Morgan fingerprint density at radius 3 is 2.58 bits per heavy atom. The van der Waals surface area contributed by atoms with Crippen LogP contribution in [-0.2, 0) is 11.3 Å². The molecule has 1 amide bonds. The highest BCUT2D eigenvalue weighted by Gasteiger charge is 2.30. The van der Waals surface area contributed by atoms with E-state index in [0.29, 0.717) is 34.4 Å². The summed E-state index contributed by atoms with van der Waals surface area (Å²) in [6.45, 7) is 1.41. The number of aliphatic hydroxyl groups is 1. The number of likely N-dealkylation sites (tertiary alicyclic amines) is 1. The zero-order chi connectivity index (χ0) is 31.0. The molecule has 0 bridgehead atoms. The predicted octanol–water partition coefficient (Wildman–Crippen LogP) is 3.92. The average molecular weight is 602 g/mol. The molecule has 1 saturated heterocycles. The third kappa shape index (κ3) is 8.56. The van der Waals surface area contributed by atoms with Gasteiger partial charge in [0.05, 0.1) is 43.3 Å². The molecule has 43 heavy (non-hydrogen) atoms. The highest BCUT2D eigenvalue weighted by atomic mass is 19.4. The normalized spacial score (nSPS) is 15.0. The molecule has 0 spiro atoms. The van der Waals surface area contributed by atoms with Crippen molar-refractivity contribution in [3.8, 4) is 17.6 Å². The van der Waals surface area contributed by atoms with E-state index >= 15 is 0 Å². The number of aromatic nitrogens is 1. The van der Waals surface area contributed by atoms with E-state index in [1.807, 2.05) is 6.07 Å². The first-order valence-electron chi connectivity index (χ1n) is 14.1. The summed E-state index contributed by atoms with van der Waals surface area (Å²) in [5.74, 6) is 6.04. The lowest BCUT2D eigenvalue weighted by Crippen LogP contribution is -2.43. The smallest absolute Gasteiger partial charge is 0.406 e. The number of β-amino-alcohol motifs (C(OH)–C–C–N with tert-alkyl or cyclic N) is 1. The van der Waals surface area contributed by atoms with Crippen molar-refractivity contribution < 1.29 is 32.5 Å². The van der Waals surface area contributed by atoms with Gasteiger partial charge in [0.15, 0.2) is 0 Å². The standard InChI is InChI=1S/C31H38F3N5O4/c1-35-30(41)21-9-10-27(29(16-21)43-3)36-13-5-6-23-17-25-26(7-4-8-28(25)39(23)20-31(32,33)34)37-22-11-14-38(15-12-22)18-24(40)19-42-2/h4,7-10,16-17,22,24,36-37,40H,11-15,18-20H2,1-3H3,(H,35,41)/t24-/m1/s1. The Bertz CT molecular complexity index is 1460. The van der Waals surface area contributed by atoms with Crippen LogP contribution in [0.15, 0.2) is 42.5 Å². The molecule has 3 aromatic rings. The maximum atomic E-state index is 13.6. The number of nitrogens with one attached hydrogen (secondary N) is 3. The molecule has 0 saturated carbocycles. The largest absolute Gasteiger partial charge is 0.495 e. The van der Waals surface area contributed by atoms with Crippen molar-refractivity contribution in [3.05, 3.63) is 53.7 Å². The van der Waals surface area contributed by atoms with E-state index in [1.54, 1.807) is 43.5 Å². The van der Waals surface area contributed by atoms with E-state index in [-0.39, 0.29) is 30.8 Å². The SMILES string of the molecule is CNC(=O)c1ccc(NCC#Cc2cc3c(NC4CCN(C[C@@H](O)COC)CC4)cccc3n2CC(F)(F)F)c(OC)c1. The van der Waals surface area contributed by atoms with Gasteiger partial charge in [-0.15, -0.1) is 0 Å². The van der Waals surface area contributed by atoms with Crippen LogP contribution >= 0.6 is 0 Å². The first-order chi connectivity index (χ1) is 20.6. The molecule has 9 nitrogen and oxygen atoms in total. The van der Waals surface area contributed by atoms with E-state index in [0.717, 1.165) is 31.6 Å². The number of hydrogen-bond acceptors (Lipinski definition) is 7. The number of amides is 1. The number of carbonyl (C=O) groups excluding carboxylic acids is 1. The van der Waals surface area contributed by atoms with Gasteiger partial charge < -0.3 is 40.0 Å². The van der Waals surface area contributed by atoms with Crippen LogP contribution in [0.4, 0.5) is 24.5 Å². The molecule has 2 aromatic carbocycles. The van der Waals surface area contributed by atoms with E-state index in [2.05, 4.69) is 32.7 Å². The fourth-order valence-corrected chi connectivity index (χ4v) is 5.28. The van der Waals surface area contributed by atoms with Crippen molar-refractivity contribution in [1.29, 1.82) is 0 Å². The topological polar surface area (TPSA) is 100 Å². The predicted molar refractivity (Wildman–Crippen MR) is 161 cm³/mol. The molecule has 1 aromatic heterocycles. The summed E-state index contributed by atoms with van der Waals surface area (Å²) in [5.41, 5.74) is 2.51. The van der Waals surface area contributed by atoms with Crippen molar-refractivity contribution in [1.82, 2.24) is 14.8 Å². The minimum absolute atomic E-state index is 0.145. The van der Waals surface area contributed by atoms with Crippen LogP contribution in [0.5, 0.6) is 5.75 Å². The molecule has 1 aliphatic heterocycles. The molecular formula is C31H38F3N5O4. The average Bonchev–Trinajstić information content (AvgIpc) is 3.32. The Morgan fingerprint density at radius 2 is 1.91 bits per heavy atom. The summed E-state index contributed by atoms with van der Waals surface area (Å²) in [6.07, 6.45) is -3.29. The van der Waals surface area contributed by atoms with E-state index in [9.17, 15) is 23.1 Å². The second-order valence-electron chi connectivity index (χ2n) is 10.4. The molecule has 0 aliphatic carbocycles. The van der Waals surface area contributed by atoms with Gasteiger partial charge in [0.25, 0.3) is 5.91 Å². The molecule has 1 aliphatic rings. The zero-order valence-corrected chi connectivity index (χ0v) is 24.6. The van der Waals surface area contributed by atoms with Crippen molar-refractivity contribution in [2.24, 2.45) is 0 Å². The van der Waals surface area contributed by atoms with Gasteiger partial charge in [-0.2, -0.15) is 13.2 Å². The molecule has 0 radical (unpaired) electrons. The van der Waals surface area contributed by atoms with Gasteiger partial charge in [-0.25, -0.2) is 0 Å². The number of aliphatic hydroxyl groups excluding tert-OH is 1. The maximum absolute atomic E-state index is 13.6. The Labute approximate surface area is 249 Å². The van der Waals surface area contributed by atoms with E-state index < -0.39 is 18.8 Å². The fraction of sp³-hybridized carbons (Fsp3) is 0.452. The summed E-state index contributed by atoms with van der Waals surface area (Å²) >= 11 is 0. The number of ether oxygens (including phenoxy) is 2. The van der Waals surface area contributed by atoms with Crippen LogP contribution in [-0.4, -0.2) is 92.9 Å². The van der Waals surface area contributed by atoms with Crippen molar-refractivity contribution in [2.75, 3.05) is 64.7 Å². The number of anilines is 2. The first kappa shape index (κ1) is 32.0. The number of alkyl halides is 3. The van der Waals surface area contributed by atoms with Crippen LogP contribution in [0, 0.1) is 11.8 Å². The highest BCUT2D eigenvalue weighted by molar-refractivity contribution is 5.95. The number of hydrogen-bond donors (Lipinski definition) is 4. The second-order valence-corrected chi connectivity index (χ2v) is 10.4. The summed E-state index contributed by atoms with van der Waals surface area (Å²) < 4.78 is 52.4. The van der Waals surface area contributed by atoms with Crippen LogP contribution in [0.1, 0.15) is 28.9 Å². The molecule has 232 valence electrons. The number of halogens is 3. The minimum atomic E-state index is -4.43. The lowest BCUT2D eigenvalue weighted by molar-refractivity contribution is -0.140. The Balaban J connectivity index is 1.50. The number of carbonyl (C=O) groups is 1. The van der Waals surface area contributed by atoms with Crippen LogP contribution in [0.3, 0.4) is 0 Å². The number of nitrogens with zero attached hydrogens (tertiary/aromatic N) is 2. The summed E-state index contributed by atoms with van der Waals surface area (Å²) in [5, 5.41) is 19.9. The summed E-state index contributed by atoms with van der Waals surface area (Å²) in [6, 6.07) is 12.1. The Morgan fingerprint density at radius 1 is 1.14 bits per heavy atom. The Kier molecular flexibility index (Phi) is 10.8. The van der Waals surface area contributed by atoms with Gasteiger partial charge >= 0.3 is 6.18 Å². The lowest BCUT2D eigenvalue weighted by atomic mass is 10.0. The fourth-order valence-electron chi connectivity index (χ4n) is 5.28. The third-order valence-electron chi connectivity index (χ3n) is 7.33. The first-order valence-corrected chi connectivity index (χ1v) is 14.1. The molecule has 4 N–H and O–H groups in total. The molecule has 2 heterocycles. The van der Waals surface area contributed by atoms with Gasteiger partial charge in [-0.1, -0.05) is 12.0 Å². The van der Waals surface area contributed by atoms with E-state index in [1.165, 1.54) is 18.7 Å². The molecule has 4 rings (SSSR count).